The molecule has 1 aromatic heterocycles. The summed E-state index contributed by atoms with van der Waals surface area (Å²) in [5.41, 5.74) is 1.62. The molecule has 2 saturated carbocycles. The van der Waals surface area contributed by atoms with Gasteiger partial charge in [-0.1, -0.05) is 27.2 Å². The molecule has 0 aromatic carbocycles. The molecule has 0 aliphatic heterocycles. The second-order valence-corrected chi connectivity index (χ2v) is 8.61. The van der Waals surface area contributed by atoms with E-state index in [1.54, 1.807) is 0 Å². The summed E-state index contributed by atoms with van der Waals surface area (Å²) >= 11 is 0. The topological polar surface area (TPSA) is 33.4 Å². The van der Waals surface area contributed by atoms with Crippen LogP contribution in [0.4, 0.5) is 0 Å². The fourth-order valence-corrected chi connectivity index (χ4v) is 6.55. The quantitative estimate of drug-likeness (QED) is 0.797. The zero-order chi connectivity index (χ0) is 15.5. The highest BCUT2D eigenvalue weighted by Gasteiger charge is 2.53. The Kier molecular flexibility index (Phi) is 3.45. The summed E-state index contributed by atoms with van der Waals surface area (Å²) < 4.78 is 5.90. The average Bonchev–Trinajstić information content (AvgIpc) is 3.02. The minimum atomic E-state index is 0.153. The molecule has 0 spiro atoms. The Morgan fingerprint density at radius 2 is 2.00 bits per heavy atom. The van der Waals surface area contributed by atoms with Crippen molar-refractivity contribution in [3.05, 3.63) is 23.7 Å². The van der Waals surface area contributed by atoms with Crippen LogP contribution in [0.3, 0.4) is 0 Å². The summed E-state index contributed by atoms with van der Waals surface area (Å²) in [7, 11) is 0. The molecule has 2 fully saturated rings. The smallest absolute Gasteiger partial charge is 0.110 e. The third-order valence-electron chi connectivity index (χ3n) is 7.71. The first-order chi connectivity index (χ1) is 10.6. The maximum Gasteiger partial charge on any atom is 0.110 e. The Balaban J connectivity index is 1.72. The van der Waals surface area contributed by atoms with Crippen LogP contribution in [0.25, 0.3) is 0 Å². The molecule has 2 heteroatoms. The summed E-state index contributed by atoms with van der Waals surface area (Å²) in [4.78, 5) is 0. The van der Waals surface area contributed by atoms with Crippen molar-refractivity contribution in [2.24, 2.45) is 29.1 Å². The van der Waals surface area contributed by atoms with Gasteiger partial charge in [0.05, 0.1) is 6.26 Å². The van der Waals surface area contributed by atoms with E-state index in [-0.39, 0.29) is 5.41 Å². The lowest BCUT2D eigenvalue weighted by Crippen LogP contribution is -2.50. The van der Waals surface area contributed by atoms with Crippen LogP contribution in [0.5, 0.6) is 0 Å². The third kappa shape index (κ3) is 1.89. The van der Waals surface area contributed by atoms with Gasteiger partial charge in [0.1, 0.15) is 5.76 Å². The first kappa shape index (κ1) is 14.8. The molecule has 0 radical (unpaired) electrons. The van der Waals surface area contributed by atoms with Crippen LogP contribution in [-0.4, -0.2) is 11.7 Å². The Labute approximate surface area is 134 Å². The lowest BCUT2D eigenvalue weighted by atomic mass is 9.48. The predicted octanol–water partition coefficient (Wildman–Crippen LogP) is 4.94. The van der Waals surface area contributed by atoms with Crippen LogP contribution in [0.15, 0.2) is 16.7 Å². The van der Waals surface area contributed by atoms with Crippen molar-refractivity contribution in [1.29, 1.82) is 0 Å². The van der Waals surface area contributed by atoms with Crippen LogP contribution in [-0.2, 0) is 0 Å². The van der Waals surface area contributed by atoms with E-state index in [9.17, 15) is 5.11 Å². The Morgan fingerprint density at radius 1 is 1.18 bits per heavy atom. The van der Waals surface area contributed by atoms with Gasteiger partial charge in [0.15, 0.2) is 0 Å². The third-order valence-corrected chi connectivity index (χ3v) is 7.71. The van der Waals surface area contributed by atoms with Gasteiger partial charge < -0.3 is 9.52 Å². The van der Waals surface area contributed by atoms with Gasteiger partial charge >= 0.3 is 0 Å². The summed E-state index contributed by atoms with van der Waals surface area (Å²) in [5, 5.41) is 10.0. The van der Waals surface area contributed by atoms with E-state index < -0.39 is 0 Å². The standard InChI is InChI=1S/C20H30O2/c1-12-14-6-7-17-16(5-4-9-20(17,3)11-21)18(14)13(2)19-15(12)8-10-22-19/h8,10,12-14,16-18,21H,4-7,9,11H2,1-3H3. The molecule has 7 atom stereocenters. The molecule has 3 aliphatic carbocycles. The van der Waals surface area contributed by atoms with Crippen molar-refractivity contribution in [3.8, 4) is 0 Å². The van der Waals surface area contributed by atoms with Crippen molar-refractivity contribution in [3.63, 3.8) is 0 Å². The molecule has 1 aromatic rings. The summed E-state index contributed by atoms with van der Waals surface area (Å²) in [6.07, 6.45) is 8.38. The summed E-state index contributed by atoms with van der Waals surface area (Å²) in [5.74, 6) is 5.48. The first-order valence-electron chi connectivity index (χ1n) is 9.25. The van der Waals surface area contributed by atoms with Crippen molar-refractivity contribution in [2.45, 2.75) is 64.7 Å². The molecule has 22 heavy (non-hydrogen) atoms. The van der Waals surface area contributed by atoms with Gasteiger partial charge in [0, 0.05) is 12.5 Å². The second-order valence-electron chi connectivity index (χ2n) is 8.61. The predicted molar refractivity (Wildman–Crippen MR) is 87.8 cm³/mol. The molecule has 0 amide bonds. The number of rotatable bonds is 1. The maximum absolute atomic E-state index is 10.0. The van der Waals surface area contributed by atoms with Gasteiger partial charge in [-0.2, -0.15) is 0 Å². The highest BCUT2D eigenvalue weighted by atomic mass is 16.3. The van der Waals surface area contributed by atoms with E-state index in [2.05, 4.69) is 26.8 Å². The molecule has 0 saturated heterocycles. The van der Waals surface area contributed by atoms with E-state index >= 15 is 0 Å². The molecule has 1 heterocycles. The fourth-order valence-electron chi connectivity index (χ4n) is 6.55. The molecule has 4 rings (SSSR count). The highest BCUT2D eigenvalue weighted by molar-refractivity contribution is 5.30. The molecule has 3 aliphatic rings. The Morgan fingerprint density at radius 3 is 2.77 bits per heavy atom. The van der Waals surface area contributed by atoms with Crippen LogP contribution in [0.1, 0.15) is 76.0 Å². The number of aliphatic hydroxyl groups excluding tert-OH is 1. The van der Waals surface area contributed by atoms with Crippen molar-refractivity contribution in [1.82, 2.24) is 0 Å². The first-order valence-corrected chi connectivity index (χ1v) is 9.25. The van der Waals surface area contributed by atoms with E-state index in [1.165, 1.54) is 43.4 Å². The monoisotopic (exact) mass is 302 g/mol. The lowest BCUT2D eigenvalue weighted by Gasteiger charge is -2.57. The van der Waals surface area contributed by atoms with Crippen molar-refractivity contribution in [2.75, 3.05) is 6.61 Å². The van der Waals surface area contributed by atoms with Crippen LogP contribution < -0.4 is 0 Å². The minimum Gasteiger partial charge on any atom is -0.469 e. The summed E-state index contributed by atoms with van der Waals surface area (Å²) in [6.45, 7) is 7.49. The highest BCUT2D eigenvalue weighted by Crippen LogP contribution is 2.61. The molecule has 1 N–H and O–H groups in total. The van der Waals surface area contributed by atoms with E-state index in [1.807, 2.05) is 6.26 Å². The number of aliphatic hydroxyl groups is 1. The van der Waals surface area contributed by atoms with Crippen LogP contribution >= 0.6 is 0 Å². The Bertz CT molecular complexity index is 548. The zero-order valence-electron chi connectivity index (χ0n) is 14.2. The lowest BCUT2D eigenvalue weighted by molar-refractivity contribution is -0.0738. The number of fused-ring (bicyclic) bond motifs is 4. The van der Waals surface area contributed by atoms with Crippen LogP contribution in [0, 0.1) is 29.1 Å². The normalized spacial score (nSPS) is 47.5. The zero-order valence-corrected chi connectivity index (χ0v) is 14.2. The summed E-state index contributed by atoms with van der Waals surface area (Å²) in [6, 6.07) is 2.21. The number of hydrogen-bond acceptors (Lipinski definition) is 2. The fraction of sp³-hybridized carbons (Fsp3) is 0.800. The van der Waals surface area contributed by atoms with Crippen LogP contribution in [0.2, 0.25) is 0 Å². The molecular formula is C20H30O2. The molecular weight excluding hydrogens is 272 g/mol. The van der Waals surface area contributed by atoms with Gasteiger partial charge in [-0.25, -0.2) is 0 Å². The van der Waals surface area contributed by atoms with E-state index in [0.29, 0.717) is 24.4 Å². The van der Waals surface area contributed by atoms with Gasteiger partial charge in [0.25, 0.3) is 0 Å². The maximum atomic E-state index is 10.0. The van der Waals surface area contributed by atoms with Crippen molar-refractivity contribution >= 4 is 0 Å². The van der Waals surface area contributed by atoms with Gasteiger partial charge in [0.2, 0.25) is 0 Å². The van der Waals surface area contributed by atoms with E-state index in [4.69, 9.17) is 4.42 Å². The van der Waals surface area contributed by atoms with Gasteiger partial charge in [-0.05, 0) is 72.3 Å². The molecule has 0 bridgehead atoms. The molecule has 122 valence electrons. The number of hydrogen-bond donors (Lipinski definition) is 1. The van der Waals surface area contributed by atoms with Crippen molar-refractivity contribution < 1.29 is 9.52 Å². The molecule has 2 nitrogen and oxygen atoms in total. The SMILES string of the molecule is CC1c2ccoc2C(C)C2C1CCC1C2CCCC1(C)CO. The second kappa shape index (κ2) is 5.12. The average molecular weight is 302 g/mol. The number of furan rings is 1. The minimum absolute atomic E-state index is 0.153. The Hall–Kier alpha value is -0.760. The van der Waals surface area contributed by atoms with E-state index in [0.717, 1.165) is 17.8 Å². The molecule has 7 unspecified atom stereocenters. The largest absolute Gasteiger partial charge is 0.469 e. The van der Waals surface area contributed by atoms with Gasteiger partial charge in [-0.15, -0.1) is 0 Å². The van der Waals surface area contributed by atoms with Gasteiger partial charge in [-0.3, -0.25) is 0 Å².